The van der Waals surface area contributed by atoms with Crippen LogP contribution in [-0.4, -0.2) is 24.3 Å². The molecule has 0 fully saturated rings. The summed E-state index contributed by atoms with van der Waals surface area (Å²) in [6.07, 6.45) is 2.49. The summed E-state index contributed by atoms with van der Waals surface area (Å²) in [6.45, 7) is 1.09. The molecule has 0 rings (SSSR count). The van der Waals surface area contributed by atoms with Crippen LogP contribution in [0.25, 0.3) is 0 Å². The zero-order valence-electron chi connectivity index (χ0n) is 7.10. The van der Waals surface area contributed by atoms with Gasteiger partial charge in [-0.15, -0.1) is 23.5 Å². The highest BCUT2D eigenvalue weighted by Crippen LogP contribution is 2.20. The molecule has 0 spiro atoms. The van der Waals surface area contributed by atoms with Crippen LogP contribution < -0.4 is 0 Å². The Balaban J connectivity index is 3.28. The van der Waals surface area contributed by atoms with Crippen LogP contribution in [0.2, 0.25) is 12.6 Å². The van der Waals surface area contributed by atoms with E-state index in [1.807, 2.05) is 6.26 Å². The van der Waals surface area contributed by atoms with Crippen molar-refractivity contribution in [3.63, 3.8) is 0 Å². The maximum absolute atomic E-state index is 12.4. The maximum atomic E-state index is 12.4. The number of thiocarbonyl (C=S) groups is 1. The number of hydrogen-bond acceptors (Lipinski definition) is 3. The summed E-state index contributed by atoms with van der Waals surface area (Å²) in [6, 6.07) is 0.0942. The Morgan fingerprint density at radius 1 is 1.50 bits per heavy atom. The lowest BCUT2D eigenvalue weighted by Crippen LogP contribution is -2.15. The third kappa shape index (κ3) is 8.96. The molecule has 0 aliphatic rings. The van der Waals surface area contributed by atoms with Crippen molar-refractivity contribution in [1.82, 2.24) is 0 Å². The lowest BCUT2D eigenvalue weighted by molar-refractivity contribution is 0.603. The van der Waals surface area contributed by atoms with Crippen LogP contribution >= 0.6 is 35.7 Å². The van der Waals surface area contributed by atoms with E-state index in [9.17, 15) is 8.22 Å². The SMILES string of the molecule is CSC(=S)SCCC[Si](C)(F)F. The molecule has 0 nitrogen and oxygen atoms in total. The smallest absolute Gasteiger partial charge is 0.271 e. The summed E-state index contributed by atoms with van der Waals surface area (Å²) in [7, 11) is -3.80. The summed E-state index contributed by atoms with van der Waals surface area (Å²) in [4.78, 5) is 0. The molecular weight excluding hydrogens is 234 g/mol. The second kappa shape index (κ2) is 6.34. The second-order valence-electron chi connectivity index (χ2n) is 2.48. The number of thioether (sulfide) groups is 2. The van der Waals surface area contributed by atoms with Gasteiger partial charge in [0.1, 0.15) is 3.53 Å². The first-order valence-corrected chi connectivity index (χ1v) is 8.62. The van der Waals surface area contributed by atoms with Crippen LogP contribution in [0, 0.1) is 0 Å². The van der Waals surface area contributed by atoms with Crippen LogP contribution in [0.1, 0.15) is 6.42 Å². The topological polar surface area (TPSA) is 0 Å². The van der Waals surface area contributed by atoms with E-state index in [-0.39, 0.29) is 6.04 Å². The second-order valence-corrected chi connectivity index (χ2v) is 8.22. The van der Waals surface area contributed by atoms with Gasteiger partial charge in [0.15, 0.2) is 0 Å². The highest BCUT2D eigenvalue weighted by atomic mass is 32.2. The average Bonchev–Trinajstić information content (AvgIpc) is 1.96. The van der Waals surface area contributed by atoms with Crippen LogP contribution in [-0.2, 0) is 0 Å². The van der Waals surface area contributed by atoms with Crippen molar-refractivity contribution in [2.45, 2.75) is 19.0 Å². The first-order valence-electron chi connectivity index (χ1n) is 3.54. The van der Waals surface area contributed by atoms with E-state index in [1.165, 1.54) is 23.5 Å². The van der Waals surface area contributed by atoms with Gasteiger partial charge in [0, 0.05) is 0 Å². The van der Waals surface area contributed by atoms with Gasteiger partial charge in [-0.25, -0.2) is 0 Å². The van der Waals surface area contributed by atoms with E-state index in [0.29, 0.717) is 6.42 Å². The maximum Gasteiger partial charge on any atom is 0.422 e. The van der Waals surface area contributed by atoms with Crippen LogP contribution in [0.5, 0.6) is 0 Å². The molecule has 0 bridgehead atoms. The minimum absolute atomic E-state index is 0.0942. The van der Waals surface area contributed by atoms with Crippen LogP contribution in [0.3, 0.4) is 0 Å². The molecule has 0 saturated heterocycles. The van der Waals surface area contributed by atoms with Crippen molar-refractivity contribution in [3.05, 3.63) is 0 Å². The van der Waals surface area contributed by atoms with E-state index in [4.69, 9.17) is 12.2 Å². The van der Waals surface area contributed by atoms with Gasteiger partial charge in [0.05, 0.1) is 0 Å². The molecule has 0 unspecified atom stereocenters. The Morgan fingerprint density at radius 3 is 2.50 bits per heavy atom. The molecule has 0 aliphatic carbocycles. The normalized spacial score (nSPS) is 11.7. The fourth-order valence-electron chi connectivity index (χ4n) is 0.597. The molecule has 0 atom stereocenters. The Hall–Kier alpha value is 0.867. The Morgan fingerprint density at radius 2 is 2.08 bits per heavy atom. The summed E-state index contributed by atoms with van der Waals surface area (Å²) < 4.78 is 25.7. The molecule has 0 heterocycles. The fraction of sp³-hybridized carbons (Fsp3) is 0.833. The first-order chi connectivity index (χ1) is 5.45. The van der Waals surface area contributed by atoms with E-state index < -0.39 is 8.74 Å². The van der Waals surface area contributed by atoms with Crippen LogP contribution in [0.4, 0.5) is 8.22 Å². The van der Waals surface area contributed by atoms with Crippen molar-refractivity contribution in [3.8, 4) is 0 Å². The van der Waals surface area contributed by atoms with Gasteiger partial charge in [-0.1, -0.05) is 12.2 Å². The van der Waals surface area contributed by atoms with Gasteiger partial charge in [0.25, 0.3) is 0 Å². The summed E-state index contributed by atoms with van der Waals surface area (Å²) >= 11 is 7.91. The van der Waals surface area contributed by atoms with E-state index in [1.54, 1.807) is 0 Å². The molecule has 0 amide bonds. The summed E-state index contributed by atoms with van der Waals surface area (Å²) in [5, 5.41) is 0. The number of hydrogen-bond donors (Lipinski definition) is 0. The molecule has 72 valence electrons. The van der Waals surface area contributed by atoms with E-state index >= 15 is 0 Å². The third-order valence-electron chi connectivity index (χ3n) is 1.15. The predicted octanol–water partition coefficient (Wildman–Crippen LogP) is 3.77. The number of rotatable bonds is 4. The van der Waals surface area contributed by atoms with Gasteiger partial charge in [-0.3, -0.25) is 8.22 Å². The standard InChI is InChI=1S/C6H12F2S3Si/c1-10-6(9)11-4-3-5-12(2,7)8/h3-5H2,1-2H3. The lowest BCUT2D eigenvalue weighted by Gasteiger charge is -2.05. The Kier molecular flexibility index (Phi) is 6.80. The predicted molar refractivity (Wildman–Crippen MR) is 61.8 cm³/mol. The van der Waals surface area contributed by atoms with Crippen molar-refractivity contribution >= 4 is 48.0 Å². The van der Waals surface area contributed by atoms with Gasteiger partial charge < -0.3 is 0 Å². The van der Waals surface area contributed by atoms with Crippen molar-refractivity contribution in [2.24, 2.45) is 0 Å². The summed E-state index contributed by atoms with van der Waals surface area (Å²) in [5.74, 6) is 0.732. The molecule has 0 aromatic heterocycles. The zero-order chi connectivity index (χ0) is 9.61. The van der Waals surface area contributed by atoms with Crippen molar-refractivity contribution < 1.29 is 8.22 Å². The minimum Gasteiger partial charge on any atom is -0.271 e. The van der Waals surface area contributed by atoms with Crippen molar-refractivity contribution in [1.29, 1.82) is 0 Å². The number of halogens is 2. The molecule has 6 heteroatoms. The molecule has 0 saturated carbocycles. The molecule has 12 heavy (non-hydrogen) atoms. The highest BCUT2D eigenvalue weighted by Gasteiger charge is 2.26. The van der Waals surface area contributed by atoms with E-state index in [2.05, 4.69) is 0 Å². The quantitative estimate of drug-likeness (QED) is 0.321. The zero-order valence-corrected chi connectivity index (χ0v) is 10.6. The Labute approximate surface area is 87.2 Å². The molecule has 0 aromatic carbocycles. The summed E-state index contributed by atoms with van der Waals surface area (Å²) in [5.41, 5.74) is 0. The van der Waals surface area contributed by atoms with E-state index in [0.717, 1.165) is 15.8 Å². The molecular formula is C6H12F2S3Si. The molecule has 0 aliphatic heterocycles. The van der Waals surface area contributed by atoms with Crippen LogP contribution in [0.15, 0.2) is 0 Å². The van der Waals surface area contributed by atoms with Gasteiger partial charge in [0.2, 0.25) is 0 Å². The largest absolute Gasteiger partial charge is 0.422 e. The fourth-order valence-corrected chi connectivity index (χ4v) is 3.08. The molecule has 0 radical (unpaired) electrons. The minimum atomic E-state index is -3.80. The third-order valence-corrected chi connectivity index (χ3v) is 5.15. The molecule has 0 aromatic rings. The molecule has 0 N–H and O–H groups in total. The Bertz CT molecular complexity index is 146. The monoisotopic (exact) mass is 246 g/mol. The van der Waals surface area contributed by atoms with Gasteiger partial charge >= 0.3 is 8.74 Å². The van der Waals surface area contributed by atoms with Crippen molar-refractivity contribution in [2.75, 3.05) is 12.0 Å². The lowest BCUT2D eigenvalue weighted by atomic mass is 10.6. The average molecular weight is 246 g/mol. The highest BCUT2D eigenvalue weighted by molar-refractivity contribution is 8.46. The first kappa shape index (κ1) is 12.9. The van der Waals surface area contributed by atoms with Gasteiger partial charge in [-0.2, -0.15) is 0 Å². The van der Waals surface area contributed by atoms with Gasteiger partial charge in [-0.05, 0) is 31.0 Å².